The SMILES string of the molecule is COc1ccccc1-c1cc(NC(=O)CC(C)CC(=O)O)on1. The van der Waals surface area contributed by atoms with E-state index in [0.29, 0.717) is 11.4 Å². The lowest BCUT2D eigenvalue weighted by molar-refractivity contribution is -0.138. The molecule has 0 radical (unpaired) electrons. The monoisotopic (exact) mass is 318 g/mol. The maximum Gasteiger partial charge on any atom is 0.303 e. The van der Waals surface area contributed by atoms with Crippen LogP contribution in [0.4, 0.5) is 5.88 Å². The third-order valence-electron chi connectivity index (χ3n) is 3.21. The number of anilines is 1. The third kappa shape index (κ3) is 4.57. The quantitative estimate of drug-likeness (QED) is 0.814. The maximum absolute atomic E-state index is 11.9. The van der Waals surface area contributed by atoms with Gasteiger partial charge in [-0.1, -0.05) is 24.2 Å². The van der Waals surface area contributed by atoms with E-state index >= 15 is 0 Å². The second-order valence-corrected chi connectivity index (χ2v) is 5.23. The molecule has 1 aromatic carbocycles. The number of hydrogen-bond donors (Lipinski definition) is 2. The van der Waals surface area contributed by atoms with Gasteiger partial charge in [-0.15, -0.1) is 0 Å². The molecule has 0 fully saturated rings. The van der Waals surface area contributed by atoms with Crippen LogP contribution in [0.25, 0.3) is 11.3 Å². The third-order valence-corrected chi connectivity index (χ3v) is 3.21. The van der Waals surface area contributed by atoms with Crippen molar-refractivity contribution in [2.75, 3.05) is 12.4 Å². The Morgan fingerprint density at radius 3 is 2.78 bits per heavy atom. The van der Waals surface area contributed by atoms with Gasteiger partial charge in [0, 0.05) is 24.5 Å². The van der Waals surface area contributed by atoms with Crippen LogP contribution in [0.1, 0.15) is 19.8 Å². The predicted molar refractivity (Wildman–Crippen MR) is 83.2 cm³/mol. The number of para-hydroxylation sites is 1. The highest BCUT2D eigenvalue weighted by Crippen LogP contribution is 2.30. The maximum atomic E-state index is 11.9. The second-order valence-electron chi connectivity index (χ2n) is 5.23. The van der Waals surface area contributed by atoms with Gasteiger partial charge in [-0.2, -0.15) is 0 Å². The van der Waals surface area contributed by atoms with Crippen LogP contribution in [-0.2, 0) is 9.59 Å². The zero-order valence-electron chi connectivity index (χ0n) is 12.9. The number of carbonyl (C=O) groups excluding carboxylic acids is 1. The first-order valence-corrected chi connectivity index (χ1v) is 7.11. The molecule has 7 nitrogen and oxygen atoms in total. The van der Waals surface area contributed by atoms with E-state index in [0.717, 1.165) is 5.56 Å². The van der Waals surface area contributed by atoms with Crippen molar-refractivity contribution < 1.29 is 24.0 Å². The fourth-order valence-corrected chi connectivity index (χ4v) is 2.19. The van der Waals surface area contributed by atoms with E-state index in [4.69, 9.17) is 14.4 Å². The van der Waals surface area contributed by atoms with Crippen LogP contribution in [0.5, 0.6) is 5.75 Å². The van der Waals surface area contributed by atoms with Crippen LogP contribution < -0.4 is 10.1 Å². The molecule has 1 aromatic heterocycles. The summed E-state index contributed by atoms with van der Waals surface area (Å²) in [6.07, 6.45) is 0.0350. The van der Waals surface area contributed by atoms with E-state index in [9.17, 15) is 9.59 Å². The highest BCUT2D eigenvalue weighted by Gasteiger charge is 2.16. The number of ether oxygens (including phenoxy) is 1. The topological polar surface area (TPSA) is 102 Å². The van der Waals surface area contributed by atoms with Crippen molar-refractivity contribution in [2.45, 2.75) is 19.8 Å². The average molecular weight is 318 g/mol. The fraction of sp³-hybridized carbons (Fsp3) is 0.312. The van der Waals surface area contributed by atoms with Crippen LogP contribution in [0.15, 0.2) is 34.9 Å². The molecule has 23 heavy (non-hydrogen) atoms. The summed E-state index contributed by atoms with van der Waals surface area (Å²) in [4.78, 5) is 22.5. The number of methoxy groups -OCH3 is 1. The number of rotatable bonds is 7. The van der Waals surface area contributed by atoms with Crippen molar-refractivity contribution in [1.29, 1.82) is 0 Å². The first-order valence-electron chi connectivity index (χ1n) is 7.11. The summed E-state index contributed by atoms with van der Waals surface area (Å²) in [5.41, 5.74) is 1.29. The summed E-state index contributed by atoms with van der Waals surface area (Å²) < 4.78 is 10.4. The van der Waals surface area contributed by atoms with Crippen molar-refractivity contribution >= 4 is 17.8 Å². The number of carboxylic acid groups (broad SMARTS) is 1. The fourth-order valence-electron chi connectivity index (χ4n) is 2.19. The number of aromatic nitrogens is 1. The first kappa shape index (κ1) is 16.5. The van der Waals surface area contributed by atoms with Gasteiger partial charge in [0.1, 0.15) is 11.4 Å². The number of nitrogens with one attached hydrogen (secondary N) is 1. The van der Waals surface area contributed by atoms with Gasteiger partial charge in [0.15, 0.2) is 0 Å². The normalized spacial score (nSPS) is 11.7. The molecule has 1 unspecified atom stereocenters. The van der Waals surface area contributed by atoms with Gasteiger partial charge < -0.3 is 14.4 Å². The second kappa shape index (κ2) is 7.44. The molecule has 122 valence electrons. The summed E-state index contributed by atoms with van der Waals surface area (Å²) in [7, 11) is 1.56. The van der Waals surface area contributed by atoms with Crippen LogP contribution in [0, 0.1) is 5.92 Å². The number of hydrogen-bond acceptors (Lipinski definition) is 5. The molecular weight excluding hydrogens is 300 g/mol. The van der Waals surface area contributed by atoms with E-state index in [1.54, 1.807) is 26.2 Å². The van der Waals surface area contributed by atoms with Crippen LogP contribution >= 0.6 is 0 Å². The molecule has 1 atom stereocenters. The molecule has 2 rings (SSSR count). The van der Waals surface area contributed by atoms with Crippen LogP contribution in [-0.4, -0.2) is 29.2 Å². The minimum absolute atomic E-state index is 0.0592. The van der Waals surface area contributed by atoms with Crippen LogP contribution in [0.2, 0.25) is 0 Å². The van der Waals surface area contributed by atoms with Gasteiger partial charge in [0.05, 0.1) is 7.11 Å². The lowest BCUT2D eigenvalue weighted by Gasteiger charge is -2.07. The molecule has 7 heteroatoms. The molecule has 0 aliphatic rings. The number of aliphatic carboxylic acids is 1. The van der Waals surface area contributed by atoms with E-state index in [1.807, 2.05) is 18.2 Å². The number of benzene rings is 1. The van der Waals surface area contributed by atoms with Gasteiger partial charge in [-0.25, -0.2) is 0 Å². The standard InChI is InChI=1S/C16H18N2O5/c1-10(8-16(20)21)7-14(19)17-15-9-12(18-23-15)11-5-3-4-6-13(11)22-2/h3-6,9-10H,7-8H2,1-2H3,(H,17,19)(H,20,21). The molecule has 0 spiro atoms. The van der Waals surface area contributed by atoms with E-state index in [-0.39, 0.29) is 30.6 Å². The van der Waals surface area contributed by atoms with Crippen molar-refractivity contribution in [1.82, 2.24) is 5.16 Å². The van der Waals surface area contributed by atoms with Crippen LogP contribution in [0.3, 0.4) is 0 Å². The Kier molecular flexibility index (Phi) is 5.35. The highest BCUT2D eigenvalue weighted by atomic mass is 16.5. The van der Waals surface area contributed by atoms with E-state index < -0.39 is 5.97 Å². The van der Waals surface area contributed by atoms with Gasteiger partial charge in [-0.3, -0.25) is 14.9 Å². The lowest BCUT2D eigenvalue weighted by Crippen LogP contribution is -2.16. The number of amides is 1. The molecule has 2 N–H and O–H groups in total. The van der Waals surface area contributed by atoms with Gasteiger partial charge in [-0.05, 0) is 18.1 Å². The minimum Gasteiger partial charge on any atom is -0.496 e. The summed E-state index contributed by atoms with van der Waals surface area (Å²) in [6, 6.07) is 8.91. The molecule has 1 heterocycles. The molecule has 0 aliphatic heterocycles. The molecule has 0 saturated carbocycles. The predicted octanol–water partition coefficient (Wildman–Crippen LogP) is 2.79. The zero-order chi connectivity index (χ0) is 16.8. The van der Waals surface area contributed by atoms with Gasteiger partial charge in [0.25, 0.3) is 0 Å². The average Bonchev–Trinajstić information content (AvgIpc) is 2.94. The summed E-state index contributed by atoms with van der Waals surface area (Å²) in [5.74, 6) is -0.652. The highest BCUT2D eigenvalue weighted by molar-refractivity contribution is 5.90. The molecule has 2 aromatic rings. The molecule has 0 bridgehead atoms. The smallest absolute Gasteiger partial charge is 0.303 e. The van der Waals surface area contributed by atoms with Gasteiger partial charge in [0.2, 0.25) is 11.8 Å². The molecular formula is C16H18N2O5. The van der Waals surface area contributed by atoms with Crippen molar-refractivity contribution in [3.05, 3.63) is 30.3 Å². The Morgan fingerprint density at radius 2 is 2.09 bits per heavy atom. The number of carbonyl (C=O) groups is 2. The zero-order valence-corrected chi connectivity index (χ0v) is 12.9. The Bertz CT molecular complexity index is 695. The van der Waals surface area contributed by atoms with Crippen molar-refractivity contribution in [3.8, 4) is 17.0 Å². The number of carboxylic acids is 1. The van der Waals surface area contributed by atoms with Gasteiger partial charge >= 0.3 is 5.97 Å². The summed E-state index contributed by atoms with van der Waals surface area (Å²) in [6.45, 7) is 1.70. The van der Waals surface area contributed by atoms with Crippen molar-refractivity contribution in [2.24, 2.45) is 5.92 Å². The molecule has 0 aliphatic carbocycles. The Morgan fingerprint density at radius 1 is 1.35 bits per heavy atom. The summed E-state index contributed by atoms with van der Waals surface area (Å²) >= 11 is 0. The summed E-state index contributed by atoms with van der Waals surface area (Å²) in [5, 5.41) is 15.2. The Hall–Kier alpha value is -2.83. The number of nitrogens with zero attached hydrogens (tertiary/aromatic N) is 1. The van der Waals surface area contributed by atoms with E-state index in [2.05, 4.69) is 10.5 Å². The first-order chi connectivity index (χ1) is 11.0. The minimum atomic E-state index is -0.927. The molecule has 0 saturated heterocycles. The van der Waals surface area contributed by atoms with E-state index in [1.165, 1.54) is 0 Å². The molecule has 1 amide bonds. The Labute approximate surface area is 133 Å². The largest absolute Gasteiger partial charge is 0.496 e. The van der Waals surface area contributed by atoms with Crippen molar-refractivity contribution in [3.63, 3.8) is 0 Å². The lowest BCUT2D eigenvalue weighted by atomic mass is 10.0. The Balaban J connectivity index is 2.02.